The number of aryl methyl sites for hydroxylation is 1. The van der Waals surface area contributed by atoms with Crippen molar-refractivity contribution in [2.24, 2.45) is 0 Å². The summed E-state index contributed by atoms with van der Waals surface area (Å²) in [6.07, 6.45) is 3.22. The number of nitrogens with zero attached hydrogens (tertiary/aromatic N) is 1. The SMILES string of the molecule is Cc1c(C(=O)NCc2ccc(C(=O)Nc3ccncc3)cc2)oc2c(Cl)cccc12. The molecule has 2 aromatic heterocycles. The number of nitrogens with one attached hydrogen (secondary N) is 2. The van der Waals surface area contributed by atoms with Crippen molar-refractivity contribution in [3.63, 3.8) is 0 Å². The van der Waals surface area contributed by atoms with Gasteiger partial charge in [0.25, 0.3) is 11.8 Å². The largest absolute Gasteiger partial charge is 0.449 e. The first-order valence-corrected chi connectivity index (χ1v) is 9.67. The predicted molar refractivity (Wildman–Crippen MR) is 116 cm³/mol. The Bertz CT molecular complexity index is 1220. The Balaban J connectivity index is 1.41. The minimum absolute atomic E-state index is 0.216. The minimum Gasteiger partial charge on any atom is -0.449 e. The Morgan fingerprint density at radius 2 is 1.73 bits per heavy atom. The third kappa shape index (κ3) is 4.04. The van der Waals surface area contributed by atoms with Crippen LogP contribution in [0, 0.1) is 6.92 Å². The first-order valence-electron chi connectivity index (χ1n) is 9.29. The Hall–Kier alpha value is -3.64. The molecule has 0 aliphatic heterocycles. The zero-order chi connectivity index (χ0) is 21.1. The average Bonchev–Trinajstić information content (AvgIpc) is 3.11. The molecule has 30 heavy (non-hydrogen) atoms. The molecule has 0 saturated carbocycles. The summed E-state index contributed by atoms with van der Waals surface area (Å²) in [4.78, 5) is 28.8. The topological polar surface area (TPSA) is 84.2 Å². The first-order chi connectivity index (χ1) is 14.5. The number of para-hydroxylation sites is 1. The Morgan fingerprint density at radius 1 is 1.00 bits per heavy atom. The summed E-state index contributed by atoms with van der Waals surface area (Å²) in [6.45, 7) is 2.13. The summed E-state index contributed by atoms with van der Waals surface area (Å²) >= 11 is 6.15. The van der Waals surface area contributed by atoms with E-state index in [-0.39, 0.29) is 17.6 Å². The van der Waals surface area contributed by atoms with Crippen molar-refractivity contribution in [1.82, 2.24) is 10.3 Å². The Morgan fingerprint density at radius 3 is 2.43 bits per heavy atom. The standard InChI is InChI=1S/C23H18ClN3O3/c1-14-18-3-2-4-19(24)21(18)30-20(14)23(29)26-13-15-5-7-16(8-6-15)22(28)27-17-9-11-25-12-10-17/h2-12H,13H2,1H3,(H,26,29)(H,25,27,28). The molecule has 0 unspecified atom stereocenters. The van der Waals surface area contributed by atoms with E-state index < -0.39 is 0 Å². The molecule has 0 radical (unpaired) electrons. The van der Waals surface area contributed by atoms with E-state index in [4.69, 9.17) is 16.0 Å². The van der Waals surface area contributed by atoms with E-state index in [1.165, 1.54) is 0 Å². The van der Waals surface area contributed by atoms with Crippen molar-refractivity contribution in [3.8, 4) is 0 Å². The zero-order valence-electron chi connectivity index (χ0n) is 16.1. The van der Waals surface area contributed by atoms with Gasteiger partial charge < -0.3 is 15.1 Å². The second-order valence-electron chi connectivity index (χ2n) is 6.74. The summed E-state index contributed by atoms with van der Waals surface area (Å²) in [7, 11) is 0. The van der Waals surface area contributed by atoms with E-state index in [9.17, 15) is 9.59 Å². The van der Waals surface area contributed by atoms with Gasteiger partial charge in [-0.25, -0.2) is 0 Å². The number of hydrogen-bond acceptors (Lipinski definition) is 4. The fraction of sp³-hybridized carbons (Fsp3) is 0.0870. The number of anilines is 1. The quantitative estimate of drug-likeness (QED) is 0.478. The lowest BCUT2D eigenvalue weighted by Crippen LogP contribution is -2.23. The molecule has 0 spiro atoms. The van der Waals surface area contributed by atoms with Gasteiger partial charge in [-0.2, -0.15) is 0 Å². The van der Waals surface area contributed by atoms with Crippen LogP contribution >= 0.6 is 11.6 Å². The number of carbonyl (C=O) groups is 2. The molecule has 0 saturated heterocycles. The number of aromatic nitrogens is 1. The van der Waals surface area contributed by atoms with Gasteiger partial charge in [0.2, 0.25) is 0 Å². The molecule has 2 heterocycles. The Labute approximate surface area is 177 Å². The smallest absolute Gasteiger partial charge is 0.287 e. The molecule has 0 fully saturated rings. The molecule has 2 aromatic carbocycles. The monoisotopic (exact) mass is 419 g/mol. The highest BCUT2D eigenvalue weighted by Crippen LogP contribution is 2.30. The number of rotatable bonds is 5. The lowest BCUT2D eigenvalue weighted by molar-refractivity contribution is 0.0923. The highest BCUT2D eigenvalue weighted by molar-refractivity contribution is 6.35. The molecule has 0 atom stereocenters. The van der Waals surface area contributed by atoms with Gasteiger partial charge in [-0.15, -0.1) is 0 Å². The van der Waals surface area contributed by atoms with E-state index in [0.717, 1.165) is 16.5 Å². The van der Waals surface area contributed by atoms with Crippen LogP contribution in [0.25, 0.3) is 11.0 Å². The summed E-state index contributed by atoms with van der Waals surface area (Å²) in [5.41, 5.74) is 3.30. The molecule has 0 aliphatic carbocycles. The van der Waals surface area contributed by atoms with Crippen LogP contribution in [0.4, 0.5) is 5.69 Å². The van der Waals surface area contributed by atoms with Crippen molar-refractivity contribution in [1.29, 1.82) is 0 Å². The molecule has 150 valence electrons. The summed E-state index contributed by atoms with van der Waals surface area (Å²) in [6, 6.07) is 15.9. The van der Waals surface area contributed by atoms with Gasteiger partial charge in [-0.3, -0.25) is 14.6 Å². The fourth-order valence-electron chi connectivity index (χ4n) is 3.10. The lowest BCUT2D eigenvalue weighted by Gasteiger charge is -2.07. The van der Waals surface area contributed by atoms with Gasteiger partial charge in [0, 0.05) is 41.1 Å². The highest BCUT2D eigenvalue weighted by Gasteiger charge is 2.18. The fourth-order valence-corrected chi connectivity index (χ4v) is 3.31. The van der Waals surface area contributed by atoms with E-state index in [2.05, 4.69) is 15.6 Å². The van der Waals surface area contributed by atoms with Crippen LogP contribution in [0.1, 0.15) is 32.0 Å². The van der Waals surface area contributed by atoms with Crippen LogP contribution in [0.5, 0.6) is 0 Å². The second kappa shape index (κ2) is 8.39. The number of halogens is 1. The molecule has 2 amide bonds. The van der Waals surface area contributed by atoms with Gasteiger partial charge in [0.15, 0.2) is 11.3 Å². The maximum Gasteiger partial charge on any atom is 0.287 e. The molecule has 0 bridgehead atoms. The van der Waals surface area contributed by atoms with Crippen LogP contribution in [-0.2, 0) is 6.54 Å². The van der Waals surface area contributed by atoms with Crippen LogP contribution < -0.4 is 10.6 Å². The second-order valence-corrected chi connectivity index (χ2v) is 7.15. The van der Waals surface area contributed by atoms with Gasteiger partial charge in [0.1, 0.15) is 0 Å². The molecule has 2 N–H and O–H groups in total. The summed E-state index contributed by atoms with van der Waals surface area (Å²) < 4.78 is 5.69. The predicted octanol–water partition coefficient (Wildman–Crippen LogP) is 4.97. The summed E-state index contributed by atoms with van der Waals surface area (Å²) in [5, 5.41) is 6.93. The third-order valence-corrected chi connectivity index (χ3v) is 5.03. The zero-order valence-corrected chi connectivity index (χ0v) is 16.9. The minimum atomic E-state index is -0.320. The van der Waals surface area contributed by atoms with Crippen LogP contribution in [0.15, 0.2) is 71.4 Å². The van der Waals surface area contributed by atoms with E-state index in [1.807, 2.05) is 19.1 Å². The van der Waals surface area contributed by atoms with Gasteiger partial charge in [0.05, 0.1) is 5.02 Å². The van der Waals surface area contributed by atoms with Gasteiger partial charge >= 0.3 is 0 Å². The molecule has 0 aliphatic rings. The number of furan rings is 1. The van der Waals surface area contributed by atoms with E-state index >= 15 is 0 Å². The number of fused-ring (bicyclic) bond motifs is 1. The highest BCUT2D eigenvalue weighted by atomic mass is 35.5. The molecule has 4 rings (SSSR count). The van der Waals surface area contributed by atoms with E-state index in [1.54, 1.807) is 54.9 Å². The van der Waals surface area contributed by atoms with Crippen LogP contribution in [0.2, 0.25) is 5.02 Å². The molecule has 6 nitrogen and oxygen atoms in total. The van der Waals surface area contributed by atoms with Gasteiger partial charge in [-0.05, 0) is 42.8 Å². The van der Waals surface area contributed by atoms with Crippen LogP contribution in [-0.4, -0.2) is 16.8 Å². The van der Waals surface area contributed by atoms with Crippen molar-refractivity contribution < 1.29 is 14.0 Å². The van der Waals surface area contributed by atoms with Gasteiger partial charge in [-0.1, -0.05) is 35.9 Å². The van der Waals surface area contributed by atoms with Crippen molar-refractivity contribution in [2.45, 2.75) is 13.5 Å². The normalized spacial score (nSPS) is 10.7. The number of carbonyl (C=O) groups excluding carboxylic acids is 2. The number of pyridine rings is 1. The average molecular weight is 420 g/mol. The van der Waals surface area contributed by atoms with Crippen molar-refractivity contribution in [3.05, 3.63) is 94.5 Å². The number of amides is 2. The Kier molecular flexibility index (Phi) is 5.50. The molecule has 7 heteroatoms. The molecule has 4 aromatic rings. The lowest BCUT2D eigenvalue weighted by atomic mass is 10.1. The first kappa shape index (κ1) is 19.7. The van der Waals surface area contributed by atoms with Crippen LogP contribution in [0.3, 0.4) is 0 Å². The molecular weight excluding hydrogens is 402 g/mol. The molecular formula is C23H18ClN3O3. The van der Waals surface area contributed by atoms with E-state index in [0.29, 0.717) is 28.4 Å². The maximum atomic E-state index is 12.6. The number of benzene rings is 2. The maximum absolute atomic E-state index is 12.6. The third-order valence-electron chi connectivity index (χ3n) is 4.73. The number of hydrogen-bond donors (Lipinski definition) is 2. The summed E-state index contributed by atoms with van der Waals surface area (Å²) in [5.74, 6) is -0.294. The van der Waals surface area contributed by atoms with Crippen molar-refractivity contribution in [2.75, 3.05) is 5.32 Å². The van der Waals surface area contributed by atoms with Crippen molar-refractivity contribution >= 4 is 40.1 Å².